The number of benzene rings is 1. The third kappa shape index (κ3) is 4.67. The summed E-state index contributed by atoms with van der Waals surface area (Å²) in [5, 5.41) is 0.910. The van der Waals surface area contributed by atoms with Gasteiger partial charge in [-0.15, -0.1) is 11.3 Å². The van der Waals surface area contributed by atoms with E-state index in [-0.39, 0.29) is 5.78 Å². The minimum atomic E-state index is 0.231. The van der Waals surface area contributed by atoms with Crippen LogP contribution in [0.3, 0.4) is 0 Å². The summed E-state index contributed by atoms with van der Waals surface area (Å²) in [5.41, 5.74) is 3.79. The van der Waals surface area contributed by atoms with E-state index in [4.69, 9.17) is 4.74 Å². The molecule has 0 unspecified atom stereocenters. The SMILES string of the molecule is Cc1cnc(CC(=O)CCCOc2cc(C)c(C)c(C)c2)s1. The topological polar surface area (TPSA) is 39.2 Å². The molecule has 0 aliphatic heterocycles. The smallest absolute Gasteiger partial charge is 0.139 e. The molecule has 2 aromatic rings. The zero-order valence-corrected chi connectivity index (χ0v) is 14.5. The van der Waals surface area contributed by atoms with Gasteiger partial charge in [-0.3, -0.25) is 4.79 Å². The molecule has 1 heterocycles. The van der Waals surface area contributed by atoms with Crippen LogP contribution in [-0.2, 0) is 11.2 Å². The summed E-state index contributed by atoms with van der Waals surface area (Å²) < 4.78 is 5.76. The molecule has 0 radical (unpaired) electrons. The Hall–Kier alpha value is -1.68. The second kappa shape index (κ2) is 7.54. The van der Waals surface area contributed by atoms with Gasteiger partial charge in [-0.25, -0.2) is 4.98 Å². The third-order valence-electron chi connectivity index (χ3n) is 3.79. The summed E-state index contributed by atoms with van der Waals surface area (Å²) in [6.45, 7) is 8.88. The molecule has 0 saturated carbocycles. The number of nitrogens with zero attached hydrogens (tertiary/aromatic N) is 1. The fourth-order valence-electron chi connectivity index (χ4n) is 2.28. The number of Topliss-reactive ketones (excluding diaryl/α,β-unsaturated/α-hetero) is 1. The Morgan fingerprint density at radius 1 is 1.18 bits per heavy atom. The average molecular weight is 317 g/mol. The Balaban J connectivity index is 1.74. The maximum Gasteiger partial charge on any atom is 0.139 e. The van der Waals surface area contributed by atoms with Gasteiger partial charge in [0.1, 0.15) is 16.5 Å². The molecule has 0 aliphatic carbocycles. The van der Waals surface area contributed by atoms with Gasteiger partial charge in [-0.1, -0.05) is 0 Å². The van der Waals surface area contributed by atoms with Crippen LogP contribution in [0.2, 0.25) is 0 Å². The first-order chi connectivity index (χ1) is 10.5. The van der Waals surface area contributed by atoms with Gasteiger partial charge >= 0.3 is 0 Å². The molecular formula is C18H23NO2S. The normalized spacial score (nSPS) is 10.7. The summed E-state index contributed by atoms with van der Waals surface area (Å²) in [5.74, 6) is 1.12. The largest absolute Gasteiger partial charge is 0.494 e. The molecule has 1 aromatic carbocycles. The van der Waals surface area contributed by atoms with Crippen molar-refractivity contribution in [2.45, 2.75) is 47.0 Å². The van der Waals surface area contributed by atoms with Crippen LogP contribution in [0.15, 0.2) is 18.3 Å². The van der Waals surface area contributed by atoms with Gasteiger partial charge in [0.2, 0.25) is 0 Å². The summed E-state index contributed by atoms with van der Waals surface area (Å²) in [6.07, 6.45) is 3.55. The van der Waals surface area contributed by atoms with E-state index < -0.39 is 0 Å². The molecule has 4 heteroatoms. The molecule has 0 atom stereocenters. The lowest BCUT2D eigenvalue weighted by Crippen LogP contribution is -2.06. The monoisotopic (exact) mass is 317 g/mol. The molecular weight excluding hydrogens is 294 g/mol. The van der Waals surface area contributed by atoms with Crippen molar-refractivity contribution in [1.29, 1.82) is 0 Å². The minimum absolute atomic E-state index is 0.231. The standard InChI is InChI=1S/C18H23NO2S/c1-12-8-17(9-13(2)15(12)4)21-7-5-6-16(20)10-18-19-11-14(3)22-18/h8-9,11H,5-7,10H2,1-4H3. The van der Waals surface area contributed by atoms with Crippen LogP contribution in [0.4, 0.5) is 0 Å². The lowest BCUT2D eigenvalue weighted by molar-refractivity contribution is -0.118. The van der Waals surface area contributed by atoms with E-state index in [0.717, 1.165) is 22.1 Å². The number of rotatable bonds is 7. The molecule has 1 aromatic heterocycles. The molecule has 0 saturated heterocycles. The summed E-state index contributed by atoms with van der Waals surface area (Å²) in [4.78, 5) is 17.3. The predicted molar refractivity (Wildman–Crippen MR) is 90.9 cm³/mol. The summed E-state index contributed by atoms with van der Waals surface area (Å²) >= 11 is 1.59. The molecule has 22 heavy (non-hydrogen) atoms. The van der Waals surface area contributed by atoms with E-state index in [2.05, 4.69) is 37.9 Å². The Morgan fingerprint density at radius 3 is 2.45 bits per heavy atom. The number of ketones is 1. The van der Waals surface area contributed by atoms with Crippen LogP contribution in [0.5, 0.6) is 5.75 Å². The number of thiazole rings is 1. The minimum Gasteiger partial charge on any atom is -0.494 e. The number of ether oxygens (including phenoxy) is 1. The van der Waals surface area contributed by atoms with Crippen molar-refractivity contribution in [3.8, 4) is 5.75 Å². The number of hydrogen-bond acceptors (Lipinski definition) is 4. The third-order valence-corrected chi connectivity index (χ3v) is 4.70. The Labute approximate surface area is 136 Å². The van der Waals surface area contributed by atoms with Crippen molar-refractivity contribution in [1.82, 2.24) is 4.98 Å². The van der Waals surface area contributed by atoms with Gasteiger partial charge in [-0.2, -0.15) is 0 Å². The molecule has 3 nitrogen and oxygen atoms in total. The fourth-order valence-corrected chi connectivity index (χ4v) is 3.09. The van der Waals surface area contributed by atoms with Gasteiger partial charge < -0.3 is 4.74 Å². The first-order valence-corrected chi connectivity index (χ1v) is 8.41. The van der Waals surface area contributed by atoms with Crippen molar-refractivity contribution in [2.24, 2.45) is 0 Å². The second-order valence-electron chi connectivity index (χ2n) is 5.71. The Morgan fingerprint density at radius 2 is 1.86 bits per heavy atom. The van der Waals surface area contributed by atoms with Gasteiger partial charge in [0.25, 0.3) is 0 Å². The summed E-state index contributed by atoms with van der Waals surface area (Å²) in [6, 6.07) is 4.12. The molecule has 0 bridgehead atoms. The molecule has 118 valence electrons. The number of carbonyl (C=O) groups excluding carboxylic acids is 1. The maximum atomic E-state index is 11.9. The van der Waals surface area contributed by atoms with Gasteiger partial charge in [0.05, 0.1) is 13.0 Å². The van der Waals surface area contributed by atoms with Crippen LogP contribution in [0.1, 0.15) is 39.4 Å². The van der Waals surface area contributed by atoms with Crippen molar-refractivity contribution in [3.63, 3.8) is 0 Å². The van der Waals surface area contributed by atoms with E-state index >= 15 is 0 Å². The highest BCUT2D eigenvalue weighted by atomic mass is 32.1. The Kier molecular flexibility index (Phi) is 5.72. The number of hydrogen-bond donors (Lipinski definition) is 0. The van der Waals surface area contributed by atoms with E-state index in [9.17, 15) is 4.79 Å². The lowest BCUT2D eigenvalue weighted by atomic mass is 10.0. The zero-order valence-electron chi connectivity index (χ0n) is 13.7. The fraction of sp³-hybridized carbons (Fsp3) is 0.444. The van der Waals surface area contributed by atoms with E-state index in [0.29, 0.717) is 19.4 Å². The molecule has 0 fully saturated rings. The molecule has 0 N–H and O–H groups in total. The van der Waals surface area contributed by atoms with Gasteiger partial charge in [-0.05, 0) is 62.9 Å². The first-order valence-electron chi connectivity index (χ1n) is 7.59. The zero-order chi connectivity index (χ0) is 16.1. The van der Waals surface area contributed by atoms with Crippen molar-refractivity contribution in [2.75, 3.05) is 6.61 Å². The quantitative estimate of drug-likeness (QED) is 0.713. The summed E-state index contributed by atoms with van der Waals surface area (Å²) in [7, 11) is 0. The second-order valence-corrected chi connectivity index (χ2v) is 7.03. The average Bonchev–Trinajstić information content (AvgIpc) is 2.86. The molecule has 2 rings (SSSR count). The van der Waals surface area contributed by atoms with Crippen LogP contribution in [0.25, 0.3) is 0 Å². The molecule has 0 spiro atoms. The maximum absolute atomic E-state index is 11.9. The van der Waals surface area contributed by atoms with Crippen LogP contribution >= 0.6 is 11.3 Å². The van der Waals surface area contributed by atoms with Crippen LogP contribution in [0, 0.1) is 27.7 Å². The van der Waals surface area contributed by atoms with E-state index in [1.165, 1.54) is 16.7 Å². The van der Waals surface area contributed by atoms with E-state index in [1.54, 1.807) is 11.3 Å². The first kappa shape index (κ1) is 16.7. The van der Waals surface area contributed by atoms with E-state index in [1.807, 2.05) is 13.1 Å². The number of aromatic nitrogens is 1. The van der Waals surface area contributed by atoms with Gasteiger partial charge in [0, 0.05) is 17.5 Å². The highest BCUT2D eigenvalue weighted by Crippen LogP contribution is 2.21. The molecule has 0 amide bonds. The van der Waals surface area contributed by atoms with Crippen molar-refractivity contribution in [3.05, 3.63) is 44.9 Å². The van der Waals surface area contributed by atoms with Crippen molar-refractivity contribution >= 4 is 17.1 Å². The van der Waals surface area contributed by atoms with Gasteiger partial charge in [0.15, 0.2) is 0 Å². The van der Waals surface area contributed by atoms with Crippen molar-refractivity contribution < 1.29 is 9.53 Å². The molecule has 0 aliphatic rings. The number of aryl methyl sites for hydroxylation is 3. The van der Waals surface area contributed by atoms with Crippen LogP contribution < -0.4 is 4.74 Å². The highest BCUT2D eigenvalue weighted by molar-refractivity contribution is 7.11. The highest BCUT2D eigenvalue weighted by Gasteiger charge is 2.07. The predicted octanol–water partition coefficient (Wildman–Crippen LogP) is 4.35. The lowest BCUT2D eigenvalue weighted by Gasteiger charge is -2.10. The number of carbonyl (C=O) groups is 1. The Bertz CT molecular complexity index is 638. The van der Waals surface area contributed by atoms with Crippen LogP contribution in [-0.4, -0.2) is 17.4 Å².